The third-order valence-electron chi connectivity index (χ3n) is 5.47. The minimum Gasteiger partial charge on any atom is -0.493 e. The van der Waals surface area contributed by atoms with Crippen LogP contribution in [0.5, 0.6) is 11.5 Å². The number of aromatic amines is 1. The summed E-state index contributed by atoms with van der Waals surface area (Å²) in [4.78, 5) is 28.1. The lowest BCUT2D eigenvalue weighted by Gasteiger charge is -2.30. The van der Waals surface area contributed by atoms with Crippen molar-refractivity contribution in [1.29, 1.82) is 0 Å². The number of carbonyl (C=O) groups is 2. The summed E-state index contributed by atoms with van der Waals surface area (Å²) < 4.78 is 16.4. The van der Waals surface area contributed by atoms with Gasteiger partial charge >= 0.3 is 6.09 Å². The van der Waals surface area contributed by atoms with E-state index in [1.54, 1.807) is 44.7 Å². The van der Waals surface area contributed by atoms with Crippen LogP contribution in [0.15, 0.2) is 65.9 Å². The summed E-state index contributed by atoms with van der Waals surface area (Å²) in [5.74, 6) is 0.869. The lowest BCUT2D eigenvalue weighted by Crippen LogP contribution is -2.41. The molecule has 1 aliphatic heterocycles. The zero-order chi connectivity index (χ0) is 24.1. The molecule has 34 heavy (non-hydrogen) atoms. The van der Waals surface area contributed by atoms with Gasteiger partial charge in [-0.3, -0.25) is 4.79 Å². The lowest BCUT2D eigenvalue weighted by molar-refractivity contribution is 0.0713. The molecule has 0 bridgehead atoms. The van der Waals surface area contributed by atoms with Crippen molar-refractivity contribution in [3.8, 4) is 11.5 Å². The van der Waals surface area contributed by atoms with Gasteiger partial charge in [-0.15, -0.1) is 0 Å². The first kappa shape index (κ1) is 22.9. The quantitative estimate of drug-likeness (QED) is 0.516. The van der Waals surface area contributed by atoms with E-state index in [4.69, 9.17) is 14.2 Å². The Morgan fingerprint density at radius 3 is 2.62 bits per heavy atom. The average Bonchev–Trinajstić information content (AvgIpc) is 3.41. The second-order valence-electron chi connectivity index (χ2n) is 7.59. The van der Waals surface area contributed by atoms with Crippen molar-refractivity contribution in [2.45, 2.75) is 26.0 Å². The molecule has 4 rings (SSSR count). The molecular weight excluding hydrogens is 436 g/mol. The van der Waals surface area contributed by atoms with Gasteiger partial charge in [-0.05, 0) is 48.4 Å². The van der Waals surface area contributed by atoms with Crippen molar-refractivity contribution in [1.82, 2.24) is 9.99 Å². The number of hydrazone groups is 1. The Bertz CT molecular complexity index is 1210. The van der Waals surface area contributed by atoms with E-state index < -0.39 is 12.2 Å². The molecule has 0 spiro atoms. The maximum Gasteiger partial charge on any atom is 0.431 e. The topological polar surface area (TPSA) is 105 Å². The molecule has 1 aromatic heterocycles. The van der Waals surface area contributed by atoms with Crippen LogP contribution in [0.3, 0.4) is 0 Å². The normalized spacial score (nSPS) is 15.4. The summed E-state index contributed by atoms with van der Waals surface area (Å²) in [7, 11) is 3.13. The number of aromatic nitrogens is 1. The Balaban J connectivity index is 1.63. The minimum atomic E-state index is -0.554. The molecule has 3 aromatic rings. The molecule has 9 nitrogen and oxygen atoms in total. The van der Waals surface area contributed by atoms with E-state index in [1.165, 1.54) is 5.01 Å². The molecule has 0 aliphatic carbocycles. The number of H-pyrrole nitrogens is 1. The molecule has 2 aromatic carbocycles. The molecule has 0 radical (unpaired) electrons. The zero-order valence-electron chi connectivity index (χ0n) is 19.2. The van der Waals surface area contributed by atoms with Crippen LogP contribution in [-0.4, -0.2) is 48.0 Å². The molecule has 2 N–H and O–H groups in total. The standard InChI is InChI=1S/C25H26N4O5/c1-4-20-23(16-11-12-21(32-2)22(14-16)33-3)28-29(25(31)34-20)15-17-8-5-6-9-18(17)27-24(30)19-10-7-13-26-19/h5-14,20,26H,4,15H2,1-3H3,(H,27,30). The van der Waals surface area contributed by atoms with Crippen molar-refractivity contribution < 1.29 is 23.8 Å². The Hall–Kier alpha value is -4.27. The van der Waals surface area contributed by atoms with Crippen LogP contribution in [-0.2, 0) is 11.3 Å². The van der Waals surface area contributed by atoms with E-state index in [2.05, 4.69) is 15.4 Å². The summed E-state index contributed by atoms with van der Waals surface area (Å²) >= 11 is 0. The molecule has 9 heteroatoms. The van der Waals surface area contributed by atoms with Gasteiger partial charge in [0.25, 0.3) is 5.91 Å². The van der Waals surface area contributed by atoms with Crippen LogP contribution < -0.4 is 14.8 Å². The molecule has 2 amide bonds. The van der Waals surface area contributed by atoms with Crippen LogP contribution in [0.2, 0.25) is 0 Å². The number of nitrogens with one attached hydrogen (secondary N) is 2. The number of amides is 2. The number of cyclic esters (lactones) is 1. The van der Waals surface area contributed by atoms with Crippen LogP contribution in [0.1, 0.15) is 35.0 Å². The highest BCUT2D eigenvalue weighted by molar-refractivity contribution is 6.06. The fraction of sp³-hybridized carbons (Fsp3) is 0.240. The predicted octanol–water partition coefficient (Wildman–Crippen LogP) is 4.42. The van der Waals surface area contributed by atoms with E-state index in [-0.39, 0.29) is 12.5 Å². The predicted molar refractivity (Wildman–Crippen MR) is 127 cm³/mol. The summed E-state index contributed by atoms with van der Waals surface area (Å²) in [6, 6.07) is 16.1. The first-order valence-corrected chi connectivity index (χ1v) is 10.9. The number of para-hydroxylation sites is 1. The molecule has 2 heterocycles. The smallest absolute Gasteiger partial charge is 0.431 e. The van der Waals surface area contributed by atoms with Crippen LogP contribution in [0.25, 0.3) is 0 Å². The summed E-state index contributed by atoms with van der Waals surface area (Å²) in [5, 5.41) is 8.78. The van der Waals surface area contributed by atoms with Gasteiger partial charge in [-0.25, -0.2) is 4.79 Å². The highest BCUT2D eigenvalue weighted by atomic mass is 16.6. The maximum absolute atomic E-state index is 12.7. The SMILES string of the molecule is CCC1OC(=O)N(Cc2ccccc2NC(=O)c2ccc[nH]2)N=C1c1ccc(OC)c(OC)c1. The number of ether oxygens (including phenoxy) is 3. The Morgan fingerprint density at radius 1 is 1.12 bits per heavy atom. The van der Waals surface area contributed by atoms with Crippen molar-refractivity contribution >= 4 is 23.4 Å². The van der Waals surface area contributed by atoms with Gasteiger partial charge in [0.05, 0.1) is 20.8 Å². The number of rotatable bonds is 8. The van der Waals surface area contributed by atoms with Gasteiger partial charge in [0, 0.05) is 17.4 Å². The summed E-state index contributed by atoms with van der Waals surface area (Å²) in [6.45, 7) is 2.04. The van der Waals surface area contributed by atoms with E-state index in [1.807, 2.05) is 37.3 Å². The molecule has 0 fully saturated rings. The Labute approximate surface area is 197 Å². The Morgan fingerprint density at radius 2 is 1.91 bits per heavy atom. The van der Waals surface area contributed by atoms with Gasteiger partial charge in [-0.2, -0.15) is 10.1 Å². The van der Waals surface area contributed by atoms with E-state index in [9.17, 15) is 9.59 Å². The number of hydrogen-bond acceptors (Lipinski definition) is 6. The second-order valence-corrected chi connectivity index (χ2v) is 7.59. The molecule has 176 valence electrons. The third kappa shape index (κ3) is 4.73. The molecule has 0 saturated heterocycles. The molecular formula is C25H26N4O5. The maximum atomic E-state index is 12.7. The van der Waals surface area contributed by atoms with Crippen LogP contribution >= 0.6 is 0 Å². The fourth-order valence-corrected chi connectivity index (χ4v) is 3.69. The zero-order valence-corrected chi connectivity index (χ0v) is 19.2. The van der Waals surface area contributed by atoms with E-state index in [0.29, 0.717) is 40.6 Å². The average molecular weight is 463 g/mol. The number of anilines is 1. The minimum absolute atomic E-state index is 0.118. The van der Waals surface area contributed by atoms with E-state index >= 15 is 0 Å². The highest BCUT2D eigenvalue weighted by Crippen LogP contribution is 2.30. The number of nitrogens with zero attached hydrogens (tertiary/aromatic N) is 2. The van der Waals surface area contributed by atoms with Gasteiger partial charge in [0.2, 0.25) is 0 Å². The summed E-state index contributed by atoms with van der Waals surface area (Å²) in [6.07, 6.45) is 1.19. The fourth-order valence-electron chi connectivity index (χ4n) is 3.69. The molecule has 1 atom stereocenters. The van der Waals surface area contributed by atoms with Crippen LogP contribution in [0, 0.1) is 0 Å². The molecule has 0 saturated carbocycles. The van der Waals surface area contributed by atoms with Crippen molar-refractivity contribution in [3.05, 3.63) is 77.6 Å². The highest BCUT2D eigenvalue weighted by Gasteiger charge is 2.31. The molecule has 1 unspecified atom stereocenters. The number of benzene rings is 2. The third-order valence-corrected chi connectivity index (χ3v) is 5.47. The summed E-state index contributed by atoms with van der Waals surface area (Å²) in [5.41, 5.74) is 3.10. The van der Waals surface area contributed by atoms with Gasteiger partial charge in [-0.1, -0.05) is 25.1 Å². The first-order chi connectivity index (χ1) is 16.5. The largest absolute Gasteiger partial charge is 0.493 e. The number of methoxy groups -OCH3 is 2. The number of carbonyl (C=O) groups excluding carboxylic acids is 2. The van der Waals surface area contributed by atoms with Gasteiger partial charge in [0.1, 0.15) is 17.5 Å². The van der Waals surface area contributed by atoms with Crippen molar-refractivity contribution in [2.75, 3.05) is 19.5 Å². The van der Waals surface area contributed by atoms with Crippen molar-refractivity contribution in [3.63, 3.8) is 0 Å². The lowest BCUT2D eigenvalue weighted by atomic mass is 10.0. The van der Waals surface area contributed by atoms with Gasteiger partial charge < -0.3 is 24.5 Å². The number of hydrogen-bond donors (Lipinski definition) is 2. The van der Waals surface area contributed by atoms with Crippen LogP contribution in [0.4, 0.5) is 10.5 Å². The monoisotopic (exact) mass is 462 g/mol. The first-order valence-electron chi connectivity index (χ1n) is 10.9. The molecule has 1 aliphatic rings. The second kappa shape index (κ2) is 10.1. The van der Waals surface area contributed by atoms with Crippen molar-refractivity contribution in [2.24, 2.45) is 5.10 Å². The van der Waals surface area contributed by atoms with E-state index in [0.717, 1.165) is 5.56 Å². The Kier molecular flexibility index (Phi) is 6.82. The van der Waals surface area contributed by atoms with Gasteiger partial charge in [0.15, 0.2) is 11.5 Å².